The maximum atomic E-state index is 12.5. The van der Waals surface area contributed by atoms with Crippen molar-refractivity contribution in [1.82, 2.24) is 9.36 Å². The van der Waals surface area contributed by atoms with E-state index in [4.69, 9.17) is 0 Å². The van der Waals surface area contributed by atoms with Gasteiger partial charge in [-0.3, -0.25) is 0 Å². The molecule has 2 rings (SSSR count). The van der Waals surface area contributed by atoms with Crippen LogP contribution in [0.4, 0.5) is 13.2 Å². The van der Waals surface area contributed by atoms with Crippen LogP contribution >= 0.6 is 11.5 Å². The van der Waals surface area contributed by atoms with E-state index in [-0.39, 0.29) is 10.6 Å². The molecule has 0 radical (unpaired) electrons. The highest BCUT2D eigenvalue weighted by Gasteiger charge is 2.30. The Balaban J connectivity index is 2.41. The molecule has 0 unspecified atom stereocenters. The van der Waals surface area contributed by atoms with Gasteiger partial charge in [0.1, 0.15) is 11.0 Å². The smallest absolute Gasteiger partial charge is 0.416 e. The highest BCUT2D eigenvalue weighted by atomic mass is 32.1. The van der Waals surface area contributed by atoms with E-state index in [2.05, 4.69) is 9.36 Å². The van der Waals surface area contributed by atoms with Crippen molar-refractivity contribution < 1.29 is 23.1 Å². The number of carboxylic acid groups (broad SMARTS) is 1. The summed E-state index contributed by atoms with van der Waals surface area (Å²) >= 11 is 0.701. The summed E-state index contributed by atoms with van der Waals surface area (Å²) in [5.74, 6) is -2.10. The summed E-state index contributed by atoms with van der Waals surface area (Å²) < 4.78 is 40.9. The number of alkyl halides is 3. The van der Waals surface area contributed by atoms with E-state index in [0.29, 0.717) is 11.5 Å². The Kier molecular flexibility index (Phi) is 3.04. The number of benzene rings is 1. The standard InChI is InChI=1S/C10H5F3N2O2S/c11-10(12,13)6-3-1-2-5(4-6)8-14-7(9(16)17)15-18-8/h1-4H,(H,16,17)/p-1. The van der Waals surface area contributed by atoms with Crippen molar-refractivity contribution >= 4 is 17.5 Å². The second-order valence-electron chi connectivity index (χ2n) is 3.29. The van der Waals surface area contributed by atoms with Gasteiger partial charge in [-0.05, 0) is 23.7 Å². The van der Waals surface area contributed by atoms with Crippen molar-refractivity contribution in [1.29, 1.82) is 0 Å². The quantitative estimate of drug-likeness (QED) is 0.833. The van der Waals surface area contributed by atoms with Crippen LogP contribution in [0.1, 0.15) is 16.2 Å². The van der Waals surface area contributed by atoms with E-state index in [9.17, 15) is 23.1 Å². The Morgan fingerprint density at radius 2 is 2.06 bits per heavy atom. The number of rotatable bonds is 2. The molecule has 18 heavy (non-hydrogen) atoms. The maximum Gasteiger partial charge on any atom is 0.416 e. The third kappa shape index (κ3) is 2.48. The lowest BCUT2D eigenvalue weighted by Crippen LogP contribution is -2.23. The predicted octanol–water partition coefficient (Wildman–Crippen LogP) is 1.59. The van der Waals surface area contributed by atoms with Crippen molar-refractivity contribution in [2.24, 2.45) is 0 Å². The van der Waals surface area contributed by atoms with E-state index in [0.717, 1.165) is 12.1 Å². The third-order valence-electron chi connectivity index (χ3n) is 2.05. The van der Waals surface area contributed by atoms with Gasteiger partial charge < -0.3 is 9.90 Å². The molecule has 1 aromatic carbocycles. The number of hydrogen-bond acceptors (Lipinski definition) is 5. The number of aromatic nitrogens is 2. The molecule has 0 bridgehead atoms. The number of aromatic carboxylic acids is 1. The van der Waals surface area contributed by atoms with Crippen LogP contribution in [0.25, 0.3) is 10.6 Å². The second-order valence-corrected chi connectivity index (χ2v) is 4.04. The molecule has 0 aliphatic rings. The molecule has 8 heteroatoms. The summed E-state index contributed by atoms with van der Waals surface area (Å²) in [5, 5.41) is 10.6. The minimum absolute atomic E-state index is 0.0975. The van der Waals surface area contributed by atoms with Crippen molar-refractivity contribution in [3.05, 3.63) is 35.7 Å². The van der Waals surface area contributed by atoms with Crippen molar-refractivity contribution in [3.8, 4) is 10.6 Å². The summed E-state index contributed by atoms with van der Waals surface area (Å²) in [6.45, 7) is 0. The second kappa shape index (κ2) is 4.37. The number of carboxylic acids is 1. The van der Waals surface area contributed by atoms with Gasteiger partial charge in [-0.1, -0.05) is 12.1 Å². The fraction of sp³-hybridized carbons (Fsp3) is 0.100. The maximum absolute atomic E-state index is 12.5. The molecule has 2 aromatic rings. The monoisotopic (exact) mass is 273 g/mol. The van der Waals surface area contributed by atoms with Crippen LogP contribution < -0.4 is 5.11 Å². The summed E-state index contributed by atoms with van der Waals surface area (Å²) in [6, 6.07) is 4.43. The van der Waals surface area contributed by atoms with Gasteiger partial charge in [0.25, 0.3) is 0 Å². The average Bonchev–Trinajstić information content (AvgIpc) is 2.77. The molecule has 0 aliphatic heterocycles. The topological polar surface area (TPSA) is 65.9 Å². The van der Waals surface area contributed by atoms with E-state index >= 15 is 0 Å². The SMILES string of the molecule is O=C([O-])c1nsc(-c2cccc(C(F)(F)F)c2)n1. The van der Waals surface area contributed by atoms with Crippen LogP contribution in [-0.2, 0) is 6.18 Å². The molecule has 0 aliphatic carbocycles. The number of halogens is 3. The van der Waals surface area contributed by atoms with Gasteiger partial charge >= 0.3 is 6.18 Å². The van der Waals surface area contributed by atoms with Crippen molar-refractivity contribution in [2.75, 3.05) is 0 Å². The largest absolute Gasteiger partial charge is 0.541 e. The van der Waals surface area contributed by atoms with Crippen molar-refractivity contribution in [3.63, 3.8) is 0 Å². The van der Waals surface area contributed by atoms with Gasteiger partial charge in [0.2, 0.25) is 0 Å². The predicted molar refractivity (Wildman–Crippen MR) is 54.7 cm³/mol. The summed E-state index contributed by atoms with van der Waals surface area (Å²) in [6.07, 6.45) is -4.46. The molecule has 94 valence electrons. The highest BCUT2D eigenvalue weighted by molar-refractivity contribution is 7.09. The first-order valence-corrected chi connectivity index (χ1v) is 5.38. The highest BCUT2D eigenvalue weighted by Crippen LogP contribution is 2.32. The lowest BCUT2D eigenvalue weighted by atomic mass is 10.1. The summed E-state index contributed by atoms with van der Waals surface area (Å²) in [5.41, 5.74) is -0.667. The molecule has 0 fully saturated rings. The van der Waals surface area contributed by atoms with Gasteiger partial charge in [0.05, 0.1) is 5.56 Å². The molecule has 0 amide bonds. The Hall–Kier alpha value is -1.96. The first-order valence-electron chi connectivity index (χ1n) is 4.60. The van der Waals surface area contributed by atoms with Gasteiger partial charge in [0.15, 0.2) is 5.82 Å². The van der Waals surface area contributed by atoms with E-state index in [1.54, 1.807) is 0 Å². The Labute approximate surface area is 103 Å². The number of carbonyl (C=O) groups is 1. The lowest BCUT2D eigenvalue weighted by Gasteiger charge is -2.06. The van der Waals surface area contributed by atoms with Gasteiger partial charge in [-0.15, -0.1) is 0 Å². The van der Waals surface area contributed by atoms with Crippen LogP contribution in [-0.4, -0.2) is 15.3 Å². The minimum atomic E-state index is -4.46. The molecule has 0 N–H and O–H groups in total. The lowest BCUT2D eigenvalue weighted by molar-refractivity contribution is -0.255. The van der Waals surface area contributed by atoms with Gasteiger partial charge in [0, 0.05) is 5.56 Å². The van der Waals surface area contributed by atoms with Crippen LogP contribution in [0.5, 0.6) is 0 Å². The molecular weight excluding hydrogens is 269 g/mol. The number of nitrogens with zero attached hydrogens (tertiary/aromatic N) is 2. The first kappa shape index (κ1) is 12.5. The van der Waals surface area contributed by atoms with E-state index in [1.165, 1.54) is 12.1 Å². The first-order chi connectivity index (χ1) is 8.38. The fourth-order valence-corrected chi connectivity index (χ4v) is 1.90. The van der Waals surface area contributed by atoms with Crippen LogP contribution in [0, 0.1) is 0 Å². The van der Waals surface area contributed by atoms with Crippen LogP contribution in [0.15, 0.2) is 24.3 Å². The zero-order valence-electron chi connectivity index (χ0n) is 8.56. The van der Waals surface area contributed by atoms with Gasteiger partial charge in [-0.25, -0.2) is 4.98 Å². The van der Waals surface area contributed by atoms with Crippen molar-refractivity contribution in [2.45, 2.75) is 6.18 Å². The van der Waals surface area contributed by atoms with Crippen LogP contribution in [0.2, 0.25) is 0 Å². The third-order valence-corrected chi connectivity index (χ3v) is 2.81. The summed E-state index contributed by atoms with van der Waals surface area (Å²) in [4.78, 5) is 14.0. The molecule has 1 aromatic heterocycles. The van der Waals surface area contributed by atoms with E-state index in [1.807, 2.05) is 0 Å². The number of carbonyl (C=O) groups excluding carboxylic acids is 1. The zero-order chi connectivity index (χ0) is 13.3. The summed E-state index contributed by atoms with van der Waals surface area (Å²) in [7, 11) is 0. The van der Waals surface area contributed by atoms with Crippen LogP contribution in [0.3, 0.4) is 0 Å². The van der Waals surface area contributed by atoms with Gasteiger partial charge in [-0.2, -0.15) is 17.5 Å². The zero-order valence-corrected chi connectivity index (χ0v) is 9.38. The normalized spacial score (nSPS) is 11.5. The number of hydrogen-bond donors (Lipinski definition) is 0. The fourth-order valence-electron chi connectivity index (χ4n) is 1.25. The molecule has 1 heterocycles. The minimum Gasteiger partial charge on any atom is -0.541 e. The Morgan fingerprint density at radius 3 is 2.61 bits per heavy atom. The molecule has 4 nitrogen and oxygen atoms in total. The Bertz CT molecular complexity index is 595. The van der Waals surface area contributed by atoms with E-state index < -0.39 is 23.5 Å². The Morgan fingerprint density at radius 1 is 1.33 bits per heavy atom. The average molecular weight is 273 g/mol. The molecule has 0 saturated carbocycles. The molecule has 0 saturated heterocycles. The molecule has 0 spiro atoms. The molecule has 0 atom stereocenters. The molecular formula is C10H4F3N2O2S-.